The Labute approximate surface area is 193 Å². The van der Waals surface area contributed by atoms with E-state index in [-0.39, 0.29) is 24.1 Å². The van der Waals surface area contributed by atoms with E-state index in [4.69, 9.17) is 4.74 Å². The Balaban J connectivity index is 1.67. The normalized spacial score (nSPS) is 11.7. The number of rotatable bonds is 8. The van der Waals surface area contributed by atoms with Crippen LogP contribution in [0.5, 0.6) is 5.75 Å². The first-order chi connectivity index (χ1) is 16.0. The molecule has 0 aromatic heterocycles. The van der Waals surface area contributed by atoms with Gasteiger partial charge in [0, 0.05) is 11.3 Å². The van der Waals surface area contributed by atoms with Crippen molar-refractivity contribution >= 4 is 23.6 Å². The van der Waals surface area contributed by atoms with Crippen LogP contribution in [-0.4, -0.2) is 18.4 Å². The van der Waals surface area contributed by atoms with Crippen LogP contribution in [0.3, 0.4) is 0 Å². The summed E-state index contributed by atoms with van der Waals surface area (Å²) in [5.74, 6) is -0.401. The average molecular weight is 440 g/mol. The highest BCUT2D eigenvalue weighted by Gasteiger charge is 2.15. The fourth-order valence-electron chi connectivity index (χ4n) is 3.11. The van der Waals surface area contributed by atoms with Crippen LogP contribution in [0.4, 0.5) is 5.69 Å². The lowest BCUT2D eigenvalue weighted by molar-refractivity contribution is -0.118. The predicted molar refractivity (Wildman–Crippen MR) is 128 cm³/mol. The van der Waals surface area contributed by atoms with Crippen molar-refractivity contribution in [1.82, 2.24) is 5.32 Å². The minimum atomic E-state index is -0.485. The van der Waals surface area contributed by atoms with E-state index in [1.807, 2.05) is 74.5 Å². The molecule has 0 aliphatic heterocycles. The molecule has 166 valence electrons. The van der Waals surface area contributed by atoms with Gasteiger partial charge >= 0.3 is 0 Å². The maximum atomic E-state index is 12.7. The van der Waals surface area contributed by atoms with E-state index >= 15 is 0 Å². The van der Waals surface area contributed by atoms with E-state index in [0.717, 1.165) is 11.1 Å². The van der Waals surface area contributed by atoms with Gasteiger partial charge in [-0.1, -0.05) is 66.2 Å². The molecule has 0 aliphatic rings. The molecule has 6 nitrogen and oxygen atoms in total. The van der Waals surface area contributed by atoms with Crippen LogP contribution >= 0.6 is 0 Å². The zero-order chi connectivity index (χ0) is 23.6. The van der Waals surface area contributed by atoms with Gasteiger partial charge in [0.05, 0.1) is 6.04 Å². The average Bonchev–Trinajstić information content (AvgIpc) is 2.83. The number of hydrogen-bond donors (Lipinski definition) is 2. The molecule has 0 bridgehead atoms. The summed E-state index contributed by atoms with van der Waals surface area (Å²) in [6, 6.07) is 25.6. The van der Waals surface area contributed by atoms with Crippen molar-refractivity contribution in [2.75, 3.05) is 11.9 Å². The number of carbonyl (C=O) groups excluding carboxylic acids is 2. The number of hydrogen-bond acceptors (Lipinski definition) is 4. The molecule has 2 amide bonds. The van der Waals surface area contributed by atoms with Crippen LogP contribution < -0.4 is 15.4 Å². The summed E-state index contributed by atoms with van der Waals surface area (Å²) in [5.41, 5.74) is 3.18. The number of nitriles is 1. The largest absolute Gasteiger partial charge is 0.483 e. The van der Waals surface area contributed by atoms with Crippen LogP contribution in [-0.2, 0) is 9.59 Å². The third-order valence-corrected chi connectivity index (χ3v) is 4.93. The molecular weight excluding hydrogens is 414 g/mol. The Kier molecular flexibility index (Phi) is 7.98. The Morgan fingerprint density at radius 1 is 1.00 bits per heavy atom. The summed E-state index contributed by atoms with van der Waals surface area (Å²) < 4.78 is 5.67. The molecule has 0 saturated heterocycles. The van der Waals surface area contributed by atoms with Gasteiger partial charge in [-0.3, -0.25) is 9.59 Å². The lowest BCUT2D eigenvalue weighted by Crippen LogP contribution is -2.27. The molecule has 0 unspecified atom stereocenters. The highest BCUT2D eigenvalue weighted by Crippen LogP contribution is 2.22. The van der Waals surface area contributed by atoms with Gasteiger partial charge in [-0.2, -0.15) is 5.26 Å². The summed E-state index contributed by atoms with van der Waals surface area (Å²) in [5, 5.41) is 15.2. The van der Waals surface area contributed by atoms with E-state index in [9.17, 15) is 14.9 Å². The number of nitrogens with zero attached hydrogens (tertiary/aromatic N) is 1. The van der Waals surface area contributed by atoms with Crippen LogP contribution in [0.1, 0.15) is 29.7 Å². The Morgan fingerprint density at radius 3 is 2.36 bits per heavy atom. The maximum absolute atomic E-state index is 12.7. The highest BCUT2D eigenvalue weighted by molar-refractivity contribution is 6.02. The molecular formula is C27H25N3O3. The van der Waals surface area contributed by atoms with Gasteiger partial charge in [-0.15, -0.1) is 0 Å². The van der Waals surface area contributed by atoms with Gasteiger partial charge in [0.1, 0.15) is 17.4 Å². The molecule has 6 heteroatoms. The molecule has 3 rings (SSSR count). The van der Waals surface area contributed by atoms with Crippen molar-refractivity contribution < 1.29 is 14.3 Å². The molecule has 3 aromatic rings. The van der Waals surface area contributed by atoms with E-state index in [2.05, 4.69) is 10.6 Å². The zero-order valence-corrected chi connectivity index (χ0v) is 18.5. The third kappa shape index (κ3) is 6.81. The molecule has 0 radical (unpaired) electrons. The van der Waals surface area contributed by atoms with E-state index in [1.54, 1.807) is 24.3 Å². The topological polar surface area (TPSA) is 91.2 Å². The summed E-state index contributed by atoms with van der Waals surface area (Å²) in [7, 11) is 0. The first-order valence-corrected chi connectivity index (χ1v) is 10.5. The van der Waals surface area contributed by atoms with Gasteiger partial charge < -0.3 is 15.4 Å². The molecule has 0 aliphatic carbocycles. The number of amides is 2. The minimum absolute atomic E-state index is 0.0575. The molecule has 0 heterocycles. The Bertz CT molecular complexity index is 1180. The second-order valence-electron chi connectivity index (χ2n) is 7.52. The van der Waals surface area contributed by atoms with Crippen LogP contribution in [0.15, 0.2) is 84.4 Å². The van der Waals surface area contributed by atoms with E-state index in [1.165, 1.54) is 6.08 Å². The van der Waals surface area contributed by atoms with Gasteiger partial charge in [0.2, 0.25) is 0 Å². The van der Waals surface area contributed by atoms with Crippen molar-refractivity contribution in [2.24, 2.45) is 0 Å². The molecule has 3 aromatic carbocycles. The van der Waals surface area contributed by atoms with Crippen molar-refractivity contribution in [2.45, 2.75) is 19.9 Å². The van der Waals surface area contributed by atoms with Crippen molar-refractivity contribution in [1.29, 1.82) is 5.26 Å². The second kappa shape index (κ2) is 11.3. The monoisotopic (exact) mass is 439 g/mol. The molecule has 0 fully saturated rings. The van der Waals surface area contributed by atoms with Gasteiger partial charge in [-0.25, -0.2) is 0 Å². The summed E-state index contributed by atoms with van der Waals surface area (Å²) >= 11 is 0. The van der Waals surface area contributed by atoms with Gasteiger partial charge in [0.25, 0.3) is 11.8 Å². The number of anilines is 1. The minimum Gasteiger partial charge on any atom is -0.483 e. The van der Waals surface area contributed by atoms with E-state index in [0.29, 0.717) is 17.0 Å². The number of ether oxygens (including phenoxy) is 1. The Morgan fingerprint density at radius 2 is 1.67 bits per heavy atom. The third-order valence-electron chi connectivity index (χ3n) is 4.93. The zero-order valence-electron chi connectivity index (χ0n) is 18.5. The first kappa shape index (κ1) is 23.3. The fraction of sp³-hybridized carbons (Fsp3) is 0.148. The van der Waals surface area contributed by atoms with Crippen LogP contribution in [0, 0.1) is 18.3 Å². The van der Waals surface area contributed by atoms with Gasteiger partial charge in [0.15, 0.2) is 6.61 Å². The van der Waals surface area contributed by atoms with Crippen molar-refractivity contribution in [3.05, 3.63) is 101 Å². The number of benzene rings is 3. The maximum Gasteiger partial charge on any atom is 0.262 e. The standard InChI is InChI=1S/C27H25N3O3/c1-19-12-14-24(15-13-19)30-26(31)18-33-25-11-7-6-10-22(25)16-23(17-28)27(32)29-20(2)21-8-4-3-5-9-21/h3-16,20H,18H2,1-2H3,(H,29,32)(H,30,31)/b23-16-/t20-/m1/s1. The summed E-state index contributed by atoms with van der Waals surface area (Å²) in [4.78, 5) is 24.9. The quantitative estimate of drug-likeness (QED) is 0.390. The lowest BCUT2D eigenvalue weighted by atomic mass is 10.1. The lowest BCUT2D eigenvalue weighted by Gasteiger charge is -2.14. The molecule has 0 saturated carbocycles. The number of para-hydroxylation sites is 1. The second-order valence-corrected chi connectivity index (χ2v) is 7.52. The Hall–Kier alpha value is -4.37. The number of nitrogens with one attached hydrogen (secondary N) is 2. The molecule has 2 N–H and O–H groups in total. The van der Waals surface area contributed by atoms with Gasteiger partial charge in [-0.05, 0) is 43.7 Å². The summed E-state index contributed by atoms with van der Waals surface area (Å²) in [6.45, 7) is 3.61. The molecule has 33 heavy (non-hydrogen) atoms. The van der Waals surface area contributed by atoms with E-state index < -0.39 is 5.91 Å². The fourth-order valence-corrected chi connectivity index (χ4v) is 3.11. The number of aryl methyl sites for hydroxylation is 1. The predicted octanol–water partition coefficient (Wildman–Crippen LogP) is 4.80. The van der Waals surface area contributed by atoms with Crippen LogP contribution in [0.25, 0.3) is 6.08 Å². The van der Waals surface area contributed by atoms with Crippen molar-refractivity contribution in [3.63, 3.8) is 0 Å². The molecule has 1 atom stereocenters. The van der Waals surface area contributed by atoms with Crippen LogP contribution in [0.2, 0.25) is 0 Å². The highest BCUT2D eigenvalue weighted by atomic mass is 16.5. The smallest absolute Gasteiger partial charge is 0.262 e. The summed E-state index contributed by atoms with van der Waals surface area (Å²) in [6.07, 6.45) is 1.46. The van der Waals surface area contributed by atoms with Crippen molar-refractivity contribution in [3.8, 4) is 11.8 Å². The first-order valence-electron chi connectivity index (χ1n) is 10.5. The number of carbonyl (C=O) groups is 2. The SMILES string of the molecule is Cc1ccc(NC(=O)COc2ccccc2/C=C(/C#N)C(=O)N[C@H](C)c2ccccc2)cc1. The molecule has 0 spiro atoms.